The van der Waals surface area contributed by atoms with E-state index in [1.807, 2.05) is 6.07 Å². The molecule has 3 rings (SSSR count). The molecule has 1 N–H and O–H groups in total. The zero-order valence-corrected chi connectivity index (χ0v) is 9.89. The van der Waals surface area contributed by atoms with Crippen molar-refractivity contribution in [1.82, 2.24) is 19.5 Å². The number of aromatic amines is 1. The lowest BCUT2D eigenvalue weighted by molar-refractivity contribution is 0.262. The maximum absolute atomic E-state index is 11.6. The standard InChI is InChI=1S/C12H16N4O/c1-2-15-8-4-5-9(15)12-13-10-6-3-7-11(17)16(10)14-12/h3,6-7,9H,2,4-5,8H2,1H3,(H,13,14). The Balaban J connectivity index is 2.06. The van der Waals surface area contributed by atoms with E-state index in [4.69, 9.17) is 0 Å². The van der Waals surface area contributed by atoms with Crippen LogP contribution in [0.1, 0.15) is 31.6 Å². The molecule has 0 radical (unpaired) electrons. The second kappa shape index (κ2) is 4.00. The molecular weight excluding hydrogens is 216 g/mol. The third kappa shape index (κ3) is 1.67. The molecule has 0 bridgehead atoms. The number of rotatable bonds is 2. The van der Waals surface area contributed by atoms with Crippen LogP contribution in [0.5, 0.6) is 0 Å². The number of hydrogen-bond acceptors (Lipinski definition) is 3. The van der Waals surface area contributed by atoms with Gasteiger partial charge in [0.1, 0.15) is 5.82 Å². The van der Waals surface area contributed by atoms with Gasteiger partial charge in [0.15, 0.2) is 5.65 Å². The zero-order chi connectivity index (χ0) is 11.8. The van der Waals surface area contributed by atoms with Gasteiger partial charge in [-0.2, -0.15) is 0 Å². The summed E-state index contributed by atoms with van der Waals surface area (Å²) >= 11 is 0. The van der Waals surface area contributed by atoms with Gasteiger partial charge >= 0.3 is 0 Å². The minimum atomic E-state index is -0.0534. The van der Waals surface area contributed by atoms with Crippen molar-refractivity contribution >= 4 is 5.65 Å². The van der Waals surface area contributed by atoms with Crippen LogP contribution in [0, 0.1) is 0 Å². The lowest BCUT2D eigenvalue weighted by Crippen LogP contribution is -2.23. The van der Waals surface area contributed by atoms with Crippen molar-refractivity contribution in [2.45, 2.75) is 25.8 Å². The van der Waals surface area contributed by atoms with Gasteiger partial charge in [-0.3, -0.25) is 14.8 Å². The molecule has 0 spiro atoms. The first kappa shape index (κ1) is 10.5. The van der Waals surface area contributed by atoms with Crippen LogP contribution >= 0.6 is 0 Å². The highest BCUT2D eigenvalue weighted by Crippen LogP contribution is 2.29. The van der Waals surface area contributed by atoms with E-state index in [0.717, 1.165) is 25.3 Å². The van der Waals surface area contributed by atoms with Crippen LogP contribution in [0.25, 0.3) is 5.65 Å². The minimum Gasteiger partial charge on any atom is -0.294 e. The number of fused-ring (bicyclic) bond motifs is 1. The molecule has 5 nitrogen and oxygen atoms in total. The molecule has 3 heterocycles. The van der Waals surface area contributed by atoms with Crippen LogP contribution in [0.15, 0.2) is 23.0 Å². The van der Waals surface area contributed by atoms with Gasteiger partial charge in [0, 0.05) is 6.07 Å². The van der Waals surface area contributed by atoms with Gasteiger partial charge in [0.2, 0.25) is 0 Å². The highest BCUT2D eigenvalue weighted by Gasteiger charge is 2.27. The number of aromatic nitrogens is 3. The summed E-state index contributed by atoms with van der Waals surface area (Å²) in [6.45, 7) is 4.30. The largest absolute Gasteiger partial charge is 0.294 e. The molecule has 5 heteroatoms. The van der Waals surface area contributed by atoms with E-state index in [0.29, 0.717) is 11.7 Å². The fourth-order valence-electron chi connectivity index (χ4n) is 2.60. The van der Waals surface area contributed by atoms with Gasteiger partial charge in [0.25, 0.3) is 5.56 Å². The lowest BCUT2D eigenvalue weighted by atomic mass is 10.2. The molecular formula is C12H16N4O. The quantitative estimate of drug-likeness (QED) is 0.846. The molecule has 2 aromatic rings. The molecule has 0 amide bonds. The Kier molecular flexibility index (Phi) is 2.48. The average molecular weight is 232 g/mol. The van der Waals surface area contributed by atoms with E-state index in [1.165, 1.54) is 10.9 Å². The summed E-state index contributed by atoms with van der Waals surface area (Å²) in [5.41, 5.74) is 0.651. The van der Waals surface area contributed by atoms with Crippen LogP contribution in [0.2, 0.25) is 0 Å². The second-order valence-corrected chi connectivity index (χ2v) is 4.45. The fourth-order valence-corrected chi connectivity index (χ4v) is 2.60. The number of hydrogen-bond donors (Lipinski definition) is 1. The number of H-pyrrole nitrogens is 1. The van der Waals surface area contributed by atoms with Crippen LogP contribution in [0.4, 0.5) is 0 Å². The minimum absolute atomic E-state index is 0.0534. The number of likely N-dealkylation sites (tertiary alicyclic amines) is 1. The third-order valence-corrected chi connectivity index (χ3v) is 3.48. The van der Waals surface area contributed by atoms with Crippen molar-refractivity contribution in [2.75, 3.05) is 13.1 Å². The van der Waals surface area contributed by atoms with E-state index < -0.39 is 0 Å². The average Bonchev–Trinajstić information content (AvgIpc) is 2.94. The molecule has 0 aliphatic carbocycles. The van der Waals surface area contributed by atoms with E-state index in [1.54, 1.807) is 12.1 Å². The summed E-state index contributed by atoms with van der Waals surface area (Å²) in [6.07, 6.45) is 2.31. The zero-order valence-electron chi connectivity index (χ0n) is 9.89. The third-order valence-electron chi connectivity index (χ3n) is 3.48. The summed E-state index contributed by atoms with van der Waals surface area (Å²) in [5.74, 6) is 0.910. The van der Waals surface area contributed by atoms with Crippen molar-refractivity contribution in [3.63, 3.8) is 0 Å². The van der Waals surface area contributed by atoms with E-state index >= 15 is 0 Å². The number of pyridine rings is 1. The Morgan fingerprint density at radius 2 is 2.41 bits per heavy atom. The maximum Gasteiger partial charge on any atom is 0.271 e. The van der Waals surface area contributed by atoms with E-state index in [9.17, 15) is 4.79 Å². The smallest absolute Gasteiger partial charge is 0.271 e. The molecule has 17 heavy (non-hydrogen) atoms. The van der Waals surface area contributed by atoms with Gasteiger partial charge in [-0.25, -0.2) is 9.50 Å². The predicted molar refractivity (Wildman–Crippen MR) is 65.0 cm³/mol. The first-order valence-corrected chi connectivity index (χ1v) is 6.11. The van der Waals surface area contributed by atoms with Crippen molar-refractivity contribution in [2.24, 2.45) is 0 Å². The van der Waals surface area contributed by atoms with Crippen LogP contribution in [0.3, 0.4) is 0 Å². The Hall–Kier alpha value is -1.62. The van der Waals surface area contributed by atoms with Crippen molar-refractivity contribution < 1.29 is 0 Å². The molecule has 1 aliphatic heterocycles. The van der Waals surface area contributed by atoms with E-state index in [2.05, 4.69) is 21.9 Å². The SMILES string of the molecule is CCN1CCCC1c1nc2cccc(=O)n2[nH]1. The molecule has 1 fully saturated rings. The number of nitrogens with one attached hydrogen (secondary N) is 1. The van der Waals surface area contributed by atoms with Crippen molar-refractivity contribution in [1.29, 1.82) is 0 Å². The molecule has 1 unspecified atom stereocenters. The van der Waals surface area contributed by atoms with Crippen LogP contribution in [-0.4, -0.2) is 32.6 Å². The van der Waals surface area contributed by atoms with Crippen molar-refractivity contribution in [3.8, 4) is 0 Å². The molecule has 0 aromatic carbocycles. The normalized spacial score (nSPS) is 21.4. The monoisotopic (exact) mass is 232 g/mol. The Morgan fingerprint density at radius 3 is 3.18 bits per heavy atom. The van der Waals surface area contributed by atoms with Gasteiger partial charge < -0.3 is 0 Å². The molecule has 1 saturated heterocycles. The molecule has 2 aromatic heterocycles. The summed E-state index contributed by atoms with van der Waals surface area (Å²) in [7, 11) is 0. The maximum atomic E-state index is 11.6. The van der Waals surface area contributed by atoms with Gasteiger partial charge in [-0.05, 0) is 32.0 Å². The summed E-state index contributed by atoms with van der Waals surface area (Å²) in [5, 5.41) is 3.12. The molecule has 0 saturated carbocycles. The molecule has 1 atom stereocenters. The summed E-state index contributed by atoms with van der Waals surface area (Å²) in [6, 6.07) is 5.47. The highest BCUT2D eigenvalue weighted by atomic mass is 16.1. The number of nitrogens with zero attached hydrogens (tertiary/aromatic N) is 3. The van der Waals surface area contributed by atoms with Crippen LogP contribution in [-0.2, 0) is 0 Å². The predicted octanol–water partition coefficient (Wildman–Crippen LogP) is 1.18. The van der Waals surface area contributed by atoms with Gasteiger partial charge in [-0.1, -0.05) is 13.0 Å². The van der Waals surface area contributed by atoms with E-state index in [-0.39, 0.29) is 5.56 Å². The Labute approximate surface area is 99.1 Å². The molecule has 90 valence electrons. The topological polar surface area (TPSA) is 53.4 Å². The fraction of sp³-hybridized carbons (Fsp3) is 0.500. The van der Waals surface area contributed by atoms with Gasteiger partial charge in [0.05, 0.1) is 6.04 Å². The summed E-state index contributed by atoms with van der Waals surface area (Å²) in [4.78, 5) is 18.5. The lowest BCUT2D eigenvalue weighted by Gasteiger charge is -2.19. The van der Waals surface area contributed by atoms with Crippen LogP contribution < -0.4 is 5.56 Å². The Morgan fingerprint density at radius 1 is 1.53 bits per heavy atom. The molecule has 1 aliphatic rings. The first-order valence-electron chi connectivity index (χ1n) is 6.11. The Bertz CT molecular complexity index is 585. The van der Waals surface area contributed by atoms with Crippen molar-refractivity contribution in [3.05, 3.63) is 34.4 Å². The van der Waals surface area contributed by atoms with Gasteiger partial charge in [-0.15, -0.1) is 0 Å². The first-order chi connectivity index (χ1) is 8.29. The second-order valence-electron chi connectivity index (χ2n) is 4.45. The summed E-state index contributed by atoms with van der Waals surface area (Å²) < 4.78 is 1.52. The highest BCUT2D eigenvalue weighted by molar-refractivity contribution is 5.36.